The van der Waals surface area contributed by atoms with E-state index < -0.39 is 11.4 Å². The molecule has 0 aliphatic carbocycles. The Balaban J connectivity index is 1.62. The standard InChI is InChI=1S/C15H22O4S/c16-13(17)15(8-11-1-2-12(15)19-11)10-3-5-18-14(7-10)4-6-20-9-14/h10-12H,1-9H2,(H,16,17). The molecule has 4 fully saturated rings. The lowest BCUT2D eigenvalue weighted by molar-refractivity contribution is -0.167. The number of hydrogen-bond acceptors (Lipinski definition) is 4. The number of carbonyl (C=O) groups is 1. The topological polar surface area (TPSA) is 55.8 Å². The van der Waals surface area contributed by atoms with Crippen molar-refractivity contribution < 1.29 is 19.4 Å². The SMILES string of the molecule is O=C(O)C1(C2CCOC3(CCSC3)C2)CC2CCC1O2. The van der Waals surface area contributed by atoms with Crippen molar-refractivity contribution in [3.63, 3.8) is 0 Å². The number of aliphatic carboxylic acids is 1. The Hall–Kier alpha value is -0.260. The van der Waals surface area contributed by atoms with Crippen molar-refractivity contribution in [3.05, 3.63) is 0 Å². The molecular weight excluding hydrogens is 276 g/mol. The summed E-state index contributed by atoms with van der Waals surface area (Å²) in [7, 11) is 0. The minimum Gasteiger partial charge on any atom is -0.481 e. The number of hydrogen-bond donors (Lipinski definition) is 1. The average Bonchev–Trinajstić information content (AvgIpc) is 3.14. The van der Waals surface area contributed by atoms with Gasteiger partial charge in [-0.15, -0.1) is 0 Å². The Morgan fingerprint density at radius 3 is 2.75 bits per heavy atom. The molecule has 5 unspecified atom stereocenters. The first kappa shape index (κ1) is 13.4. The summed E-state index contributed by atoms with van der Waals surface area (Å²) in [4.78, 5) is 12.1. The van der Waals surface area contributed by atoms with Gasteiger partial charge in [0.1, 0.15) is 0 Å². The fourth-order valence-electron chi connectivity index (χ4n) is 4.90. The van der Waals surface area contributed by atoms with Crippen LogP contribution in [-0.2, 0) is 14.3 Å². The smallest absolute Gasteiger partial charge is 0.312 e. The van der Waals surface area contributed by atoms with Crippen LogP contribution in [0.1, 0.15) is 38.5 Å². The van der Waals surface area contributed by atoms with E-state index in [-0.39, 0.29) is 23.7 Å². The summed E-state index contributed by atoms with van der Waals surface area (Å²) in [5.41, 5.74) is -0.676. The highest BCUT2D eigenvalue weighted by atomic mass is 32.2. The molecule has 1 spiro atoms. The van der Waals surface area contributed by atoms with Gasteiger partial charge < -0.3 is 14.6 Å². The van der Waals surface area contributed by atoms with Gasteiger partial charge in [-0.05, 0) is 50.2 Å². The largest absolute Gasteiger partial charge is 0.481 e. The first-order valence-corrected chi connectivity index (χ1v) is 8.91. The predicted octanol–water partition coefficient (Wildman–Crippen LogP) is 2.31. The Bertz CT molecular complexity index is 420. The van der Waals surface area contributed by atoms with E-state index >= 15 is 0 Å². The van der Waals surface area contributed by atoms with Crippen molar-refractivity contribution >= 4 is 17.7 Å². The highest BCUT2D eigenvalue weighted by Crippen LogP contribution is 2.57. The molecule has 4 rings (SSSR count). The minimum atomic E-state index is -0.632. The van der Waals surface area contributed by atoms with Crippen LogP contribution < -0.4 is 0 Å². The van der Waals surface area contributed by atoms with Crippen LogP contribution in [0.3, 0.4) is 0 Å². The van der Waals surface area contributed by atoms with Crippen molar-refractivity contribution in [2.24, 2.45) is 11.3 Å². The van der Waals surface area contributed by atoms with Crippen LogP contribution in [0.2, 0.25) is 0 Å². The first-order valence-electron chi connectivity index (χ1n) is 7.75. The Labute approximate surface area is 123 Å². The molecule has 0 amide bonds. The first-order chi connectivity index (χ1) is 9.65. The molecule has 4 aliphatic rings. The fraction of sp³-hybridized carbons (Fsp3) is 0.933. The molecule has 20 heavy (non-hydrogen) atoms. The van der Waals surface area contributed by atoms with Gasteiger partial charge in [-0.3, -0.25) is 4.79 Å². The third-order valence-corrected chi connectivity index (χ3v) is 7.16. The second kappa shape index (κ2) is 4.62. The number of carboxylic acids is 1. The van der Waals surface area contributed by atoms with Gasteiger partial charge in [0.15, 0.2) is 0 Å². The Morgan fingerprint density at radius 1 is 1.25 bits per heavy atom. The Kier molecular flexibility index (Phi) is 3.09. The maximum absolute atomic E-state index is 12.1. The molecular formula is C15H22O4S. The maximum Gasteiger partial charge on any atom is 0.312 e. The van der Waals surface area contributed by atoms with Crippen LogP contribution in [0.5, 0.6) is 0 Å². The van der Waals surface area contributed by atoms with Crippen LogP contribution in [0, 0.1) is 11.3 Å². The lowest BCUT2D eigenvalue weighted by atomic mass is 9.61. The van der Waals surface area contributed by atoms with E-state index in [2.05, 4.69) is 0 Å². The maximum atomic E-state index is 12.1. The van der Waals surface area contributed by atoms with E-state index in [1.165, 1.54) is 0 Å². The normalized spacial score (nSPS) is 50.9. The van der Waals surface area contributed by atoms with Crippen LogP contribution in [0.4, 0.5) is 0 Å². The minimum absolute atomic E-state index is 0.0438. The summed E-state index contributed by atoms with van der Waals surface area (Å²) < 4.78 is 12.0. The van der Waals surface area contributed by atoms with E-state index in [1.54, 1.807) is 0 Å². The van der Waals surface area contributed by atoms with Gasteiger partial charge in [0, 0.05) is 12.4 Å². The summed E-state index contributed by atoms with van der Waals surface area (Å²) >= 11 is 1.94. The van der Waals surface area contributed by atoms with Crippen LogP contribution >= 0.6 is 11.8 Å². The third-order valence-electron chi connectivity index (χ3n) is 5.93. The fourth-order valence-corrected chi connectivity index (χ4v) is 6.28. The molecule has 4 aliphatic heterocycles. The molecule has 0 aromatic heterocycles. The number of carboxylic acid groups (broad SMARTS) is 1. The monoisotopic (exact) mass is 298 g/mol. The zero-order chi connectivity index (χ0) is 13.8. The predicted molar refractivity (Wildman–Crippen MR) is 75.9 cm³/mol. The number of thioether (sulfide) groups is 1. The molecule has 0 radical (unpaired) electrons. The summed E-state index contributed by atoms with van der Waals surface area (Å²) in [6.45, 7) is 0.720. The number of ether oxygens (including phenoxy) is 2. The highest BCUT2D eigenvalue weighted by Gasteiger charge is 2.62. The van der Waals surface area contributed by atoms with Crippen molar-refractivity contribution in [2.45, 2.75) is 56.3 Å². The van der Waals surface area contributed by atoms with Crippen molar-refractivity contribution in [2.75, 3.05) is 18.1 Å². The van der Waals surface area contributed by atoms with E-state index in [4.69, 9.17) is 9.47 Å². The summed E-state index contributed by atoms with van der Waals surface area (Å²) in [5.74, 6) is 1.78. The second-order valence-corrected chi connectivity index (χ2v) is 8.00. The van der Waals surface area contributed by atoms with E-state index in [9.17, 15) is 9.90 Å². The molecule has 0 aromatic rings. The molecule has 0 aromatic carbocycles. The van der Waals surface area contributed by atoms with Gasteiger partial charge in [0.2, 0.25) is 0 Å². The van der Waals surface area contributed by atoms with Gasteiger partial charge in [0.25, 0.3) is 0 Å². The van der Waals surface area contributed by atoms with Crippen molar-refractivity contribution in [1.82, 2.24) is 0 Å². The van der Waals surface area contributed by atoms with Gasteiger partial charge in [-0.25, -0.2) is 0 Å². The lowest BCUT2D eigenvalue weighted by Crippen LogP contribution is -2.52. The molecule has 112 valence electrons. The zero-order valence-electron chi connectivity index (χ0n) is 11.7. The Morgan fingerprint density at radius 2 is 2.15 bits per heavy atom. The van der Waals surface area contributed by atoms with Gasteiger partial charge in [-0.2, -0.15) is 11.8 Å². The molecule has 4 nitrogen and oxygen atoms in total. The molecule has 5 atom stereocenters. The van der Waals surface area contributed by atoms with E-state index in [0.29, 0.717) is 0 Å². The molecule has 1 N–H and O–H groups in total. The molecule has 4 heterocycles. The average molecular weight is 298 g/mol. The number of fused-ring (bicyclic) bond motifs is 2. The summed E-state index contributed by atoms with van der Waals surface area (Å²) in [6.07, 6.45) is 5.70. The quantitative estimate of drug-likeness (QED) is 0.848. The van der Waals surface area contributed by atoms with Crippen LogP contribution in [-0.4, -0.2) is 47.0 Å². The van der Waals surface area contributed by atoms with Crippen LogP contribution in [0.15, 0.2) is 0 Å². The zero-order valence-corrected chi connectivity index (χ0v) is 12.5. The lowest BCUT2D eigenvalue weighted by Gasteiger charge is -2.46. The van der Waals surface area contributed by atoms with Gasteiger partial charge in [-0.1, -0.05) is 0 Å². The molecule has 4 saturated heterocycles. The second-order valence-electron chi connectivity index (χ2n) is 6.90. The summed E-state index contributed by atoms with van der Waals surface area (Å²) in [6, 6.07) is 0. The molecule has 0 saturated carbocycles. The van der Waals surface area contributed by atoms with Crippen molar-refractivity contribution in [1.29, 1.82) is 0 Å². The summed E-state index contributed by atoms with van der Waals surface area (Å²) in [5, 5.41) is 9.94. The van der Waals surface area contributed by atoms with Gasteiger partial charge >= 0.3 is 5.97 Å². The highest BCUT2D eigenvalue weighted by molar-refractivity contribution is 7.99. The van der Waals surface area contributed by atoms with Crippen LogP contribution in [0.25, 0.3) is 0 Å². The number of rotatable bonds is 2. The molecule has 5 heteroatoms. The van der Waals surface area contributed by atoms with E-state index in [1.807, 2.05) is 11.8 Å². The van der Waals surface area contributed by atoms with Crippen molar-refractivity contribution in [3.8, 4) is 0 Å². The van der Waals surface area contributed by atoms with E-state index in [0.717, 1.165) is 56.6 Å². The van der Waals surface area contributed by atoms with Gasteiger partial charge in [0.05, 0.1) is 23.2 Å². The third kappa shape index (κ3) is 1.79. The molecule has 2 bridgehead atoms.